The number of aliphatic carboxylic acids is 1. The van der Waals surface area contributed by atoms with Gasteiger partial charge in [-0.1, -0.05) is 25.8 Å². The van der Waals surface area contributed by atoms with Crippen molar-refractivity contribution in [2.45, 2.75) is 109 Å². The van der Waals surface area contributed by atoms with Gasteiger partial charge in [0.25, 0.3) is 0 Å². The van der Waals surface area contributed by atoms with Crippen LogP contribution in [0.4, 0.5) is 4.79 Å². The summed E-state index contributed by atoms with van der Waals surface area (Å²) in [6.07, 6.45) is 8.64. The fourth-order valence-corrected chi connectivity index (χ4v) is 8.72. The molecule has 0 aliphatic heterocycles. The van der Waals surface area contributed by atoms with Crippen LogP contribution in [0.1, 0.15) is 90.9 Å². The summed E-state index contributed by atoms with van der Waals surface area (Å²) >= 11 is 0. The van der Waals surface area contributed by atoms with Gasteiger partial charge < -0.3 is 19.7 Å². The lowest BCUT2D eigenvalue weighted by atomic mass is 9.45. The minimum absolute atomic E-state index is 0.0162. The van der Waals surface area contributed by atoms with E-state index < -0.39 is 29.2 Å². The summed E-state index contributed by atoms with van der Waals surface area (Å²) in [5.74, 6) is -0.845. The summed E-state index contributed by atoms with van der Waals surface area (Å²) in [5.41, 5.74) is -1.68. The van der Waals surface area contributed by atoms with Crippen LogP contribution in [0.2, 0.25) is 0 Å². The fraction of sp³-hybridized carbons (Fsp3) is 0.815. The summed E-state index contributed by atoms with van der Waals surface area (Å²) in [5, 5.41) is 21.9. The first-order valence-corrected chi connectivity index (χ1v) is 13.2. The highest BCUT2D eigenvalue weighted by molar-refractivity contribution is 5.91. The molecule has 7 nitrogen and oxygen atoms in total. The number of carbonyl (C=O) groups is 3. The predicted octanol–water partition coefficient (Wildman–Crippen LogP) is 4.80. The molecule has 0 unspecified atom stereocenters. The lowest BCUT2D eigenvalue weighted by Crippen LogP contribution is -2.62. The van der Waals surface area contributed by atoms with Crippen LogP contribution in [-0.4, -0.2) is 45.9 Å². The third kappa shape index (κ3) is 3.44. The van der Waals surface area contributed by atoms with E-state index >= 15 is 0 Å². The Balaban J connectivity index is 1.42. The average molecular weight is 475 g/mol. The molecule has 0 saturated heterocycles. The molecule has 34 heavy (non-hydrogen) atoms. The minimum Gasteiger partial charge on any atom is -0.478 e. The number of allylic oxidation sites excluding steroid dienone is 1. The zero-order valence-corrected chi connectivity index (χ0v) is 20.4. The number of carbonyl (C=O) groups excluding carboxylic acids is 2. The third-order valence-corrected chi connectivity index (χ3v) is 10.4. The molecule has 5 aliphatic carbocycles. The molecule has 0 amide bonds. The Labute approximate surface area is 201 Å². The van der Waals surface area contributed by atoms with E-state index in [4.69, 9.17) is 9.47 Å². The van der Waals surface area contributed by atoms with Gasteiger partial charge in [-0.2, -0.15) is 0 Å². The van der Waals surface area contributed by atoms with Crippen LogP contribution in [0, 0.1) is 28.6 Å². The first-order valence-electron chi connectivity index (χ1n) is 13.2. The quantitative estimate of drug-likeness (QED) is 0.565. The third-order valence-electron chi connectivity index (χ3n) is 10.4. The molecule has 5 rings (SSSR count). The van der Waals surface area contributed by atoms with E-state index in [0.717, 1.165) is 56.9 Å². The second kappa shape index (κ2) is 8.35. The number of ketones is 1. The average Bonchev–Trinajstić information content (AvgIpc) is 3.07. The van der Waals surface area contributed by atoms with E-state index in [1.807, 2.05) is 6.92 Å². The normalized spacial score (nSPS) is 44.3. The highest BCUT2D eigenvalue weighted by Gasteiger charge is 2.71. The number of ether oxygens (including phenoxy) is 2. The van der Waals surface area contributed by atoms with E-state index in [2.05, 4.69) is 6.92 Å². The second-order valence-corrected chi connectivity index (χ2v) is 12.0. The van der Waals surface area contributed by atoms with Crippen molar-refractivity contribution in [2.24, 2.45) is 28.6 Å². The maximum Gasteiger partial charge on any atom is 0.509 e. The first-order chi connectivity index (χ1) is 16.1. The maximum absolute atomic E-state index is 12.8. The van der Waals surface area contributed by atoms with Crippen molar-refractivity contribution < 1.29 is 34.1 Å². The number of fused-ring (bicyclic) bond motifs is 5. The number of carboxylic acids is 1. The number of aliphatic hydroxyl groups excluding tert-OH is 1. The molecule has 0 aromatic rings. The van der Waals surface area contributed by atoms with Gasteiger partial charge in [0.1, 0.15) is 6.10 Å². The SMILES string of the molecule is C[C@]12CCC(=O)C=C1CC[C@@H]1[C@@H]2[C@@H](O)C[C@@]2(C)[C@H]1CC[C@]2(OC(=O)OC1CCCCC1)C(=O)O. The highest BCUT2D eigenvalue weighted by Crippen LogP contribution is 2.68. The molecular formula is C27H38O7. The van der Waals surface area contributed by atoms with Gasteiger partial charge in [0.2, 0.25) is 5.60 Å². The molecule has 0 bridgehead atoms. The number of carboxylic acid groups (broad SMARTS) is 1. The topological polar surface area (TPSA) is 110 Å². The molecule has 0 heterocycles. The largest absolute Gasteiger partial charge is 0.509 e. The van der Waals surface area contributed by atoms with Crippen LogP contribution in [0.15, 0.2) is 11.6 Å². The lowest BCUT2D eigenvalue weighted by molar-refractivity contribution is -0.200. The van der Waals surface area contributed by atoms with E-state index in [1.165, 1.54) is 0 Å². The Morgan fingerprint density at radius 2 is 1.76 bits per heavy atom. The van der Waals surface area contributed by atoms with Gasteiger partial charge in [0.15, 0.2) is 5.78 Å². The summed E-state index contributed by atoms with van der Waals surface area (Å²) in [6.45, 7) is 4.07. The molecule has 188 valence electrons. The fourth-order valence-electron chi connectivity index (χ4n) is 8.72. The number of aliphatic hydroxyl groups is 1. The van der Waals surface area contributed by atoms with Crippen LogP contribution in [0.5, 0.6) is 0 Å². The second-order valence-electron chi connectivity index (χ2n) is 12.0. The molecule has 7 heteroatoms. The van der Waals surface area contributed by atoms with Gasteiger partial charge in [-0.05, 0) is 93.5 Å². The van der Waals surface area contributed by atoms with E-state index in [-0.39, 0.29) is 47.9 Å². The van der Waals surface area contributed by atoms with Crippen LogP contribution < -0.4 is 0 Å². The van der Waals surface area contributed by atoms with Crippen molar-refractivity contribution in [2.75, 3.05) is 0 Å². The molecule has 5 aliphatic rings. The van der Waals surface area contributed by atoms with Gasteiger partial charge in [-0.25, -0.2) is 9.59 Å². The predicted molar refractivity (Wildman–Crippen MR) is 123 cm³/mol. The molecule has 7 atom stereocenters. The van der Waals surface area contributed by atoms with E-state index in [1.54, 1.807) is 6.08 Å². The van der Waals surface area contributed by atoms with Crippen LogP contribution in [-0.2, 0) is 19.1 Å². The summed E-state index contributed by atoms with van der Waals surface area (Å²) in [7, 11) is 0. The van der Waals surface area contributed by atoms with Crippen molar-refractivity contribution in [3.05, 3.63) is 11.6 Å². The van der Waals surface area contributed by atoms with Gasteiger partial charge >= 0.3 is 12.1 Å². The monoisotopic (exact) mass is 474 g/mol. The van der Waals surface area contributed by atoms with Gasteiger partial charge in [0.05, 0.1) is 6.10 Å². The van der Waals surface area contributed by atoms with Crippen molar-refractivity contribution in [1.82, 2.24) is 0 Å². The first kappa shape index (κ1) is 23.8. The zero-order chi connectivity index (χ0) is 24.3. The molecule has 0 radical (unpaired) electrons. The zero-order valence-electron chi connectivity index (χ0n) is 20.4. The lowest BCUT2D eigenvalue weighted by Gasteiger charge is -2.60. The van der Waals surface area contributed by atoms with Crippen molar-refractivity contribution in [3.8, 4) is 0 Å². The summed E-state index contributed by atoms with van der Waals surface area (Å²) < 4.78 is 11.3. The number of hydrogen-bond donors (Lipinski definition) is 2. The molecule has 4 fully saturated rings. The molecule has 0 spiro atoms. The van der Waals surface area contributed by atoms with Crippen molar-refractivity contribution in [3.63, 3.8) is 0 Å². The summed E-state index contributed by atoms with van der Waals surface area (Å²) in [6, 6.07) is 0. The van der Waals surface area contributed by atoms with Crippen LogP contribution in [0.25, 0.3) is 0 Å². The molecule has 2 N–H and O–H groups in total. The molecule has 0 aromatic heterocycles. The Morgan fingerprint density at radius 1 is 1.03 bits per heavy atom. The standard InChI is InChI=1S/C27H38O7/c1-25-12-10-17(28)14-16(25)8-9-19-20-11-13-27(23(30)31,26(20,2)15-21(29)22(19)25)34-24(32)33-18-6-4-3-5-7-18/h14,18-22,29H,3-13,15H2,1-2H3,(H,30,31)/t19-,20-,21-,22+,25-,26-,27-/m0/s1. The maximum atomic E-state index is 12.8. The van der Waals surface area contributed by atoms with Gasteiger partial charge in [-0.15, -0.1) is 0 Å². The highest BCUT2D eigenvalue weighted by atomic mass is 16.7. The molecular weight excluding hydrogens is 436 g/mol. The van der Waals surface area contributed by atoms with Crippen molar-refractivity contribution >= 4 is 17.9 Å². The van der Waals surface area contributed by atoms with Crippen LogP contribution in [0.3, 0.4) is 0 Å². The van der Waals surface area contributed by atoms with E-state index in [0.29, 0.717) is 12.8 Å². The van der Waals surface area contributed by atoms with Crippen LogP contribution >= 0.6 is 0 Å². The number of rotatable bonds is 3. The Kier molecular flexibility index (Phi) is 5.85. The van der Waals surface area contributed by atoms with Gasteiger partial charge in [0, 0.05) is 11.8 Å². The Bertz CT molecular complexity index is 905. The Morgan fingerprint density at radius 3 is 2.47 bits per heavy atom. The van der Waals surface area contributed by atoms with Gasteiger partial charge in [-0.3, -0.25) is 4.79 Å². The van der Waals surface area contributed by atoms with E-state index in [9.17, 15) is 24.6 Å². The minimum atomic E-state index is -1.70. The number of hydrogen-bond acceptors (Lipinski definition) is 6. The molecule has 4 saturated carbocycles. The molecule has 0 aromatic carbocycles. The Hall–Kier alpha value is -1.89. The van der Waals surface area contributed by atoms with Crippen molar-refractivity contribution in [1.29, 1.82) is 0 Å². The summed E-state index contributed by atoms with van der Waals surface area (Å²) in [4.78, 5) is 37.6. The smallest absolute Gasteiger partial charge is 0.478 e.